The molecule has 16 heavy (non-hydrogen) atoms. The van der Waals surface area contributed by atoms with Crippen molar-refractivity contribution in [1.82, 2.24) is 5.32 Å². The summed E-state index contributed by atoms with van der Waals surface area (Å²) in [5.74, 6) is -0.609. The molecule has 8 heteroatoms. The van der Waals surface area contributed by atoms with Gasteiger partial charge in [-0.25, -0.2) is 8.42 Å². The maximum absolute atomic E-state index is 11.5. The molecule has 1 amide bonds. The molecule has 1 aromatic heterocycles. The summed E-state index contributed by atoms with van der Waals surface area (Å²) in [6.07, 6.45) is 0. The first-order chi connectivity index (χ1) is 7.21. The Kier molecular flexibility index (Phi) is 4.03. The number of carbonyl (C=O) groups excluding carboxylic acids is 1. The lowest BCUT2D eigenvalue weighted by Gasteiger charge is -2.04. The van der Waals surface area contributed by atoms with Gasteiger partial charge in [-0.15, -0.1) is 0 Å². The third kappa shape index (κ3) is 3.23. The van der Waals surface area contributed by atoms with E-state index < -0.39 is 15.0 Å². The molecule has 0 atom stereocenters. The van der Waals surface area contributed by atoms with Gasteiger partial charge in [0.25, 0.3) is 15.0 Å². The second kappa shape index (κ2) is 4.77. The molecule has 1 heterocycles. The molecule has 0 bridgehead atoms. The largest absolute Gasteiger partial charge is 0.443 e. The van der Waals surface area contributed by atoms with Crippen molar-refractivity contribution in [2.75, 3.05) is 0 Å². The van der Waals surface area contributed by atoms with Crippen molar-refractivity contribution in [3.05, 3.63) is 16.5 Å². The molecule has 0 unspecified atom stereocenters. The quantitative estimate of drug-likeness (QED) is 0.861. The minimum absolute atomic E-state index is 0.0764. The third-order valence-corrected chi connectivity index (χ3v) is 3.74. The fourth-order valence-electron chi connectivity index (χ4n) is 0.964. The molecule has 1 aromatic rings. The van der Waals surface area contributed by atoms with Crippen LogP contribution < -0.4 is 5.32 Å². The Labute approximate surface area is 106 Å². The molecule has 0 spiro atoms. The van der Waals surface area contributed by atoms with E-state index in [-0.39, 0.29) is 21.4 Å². The number of amides is 1. The molecule has 0 aromatic carbocycles. The van der Waals surface area contributed by atoms with Gasteiger partial charge >= 0.3 is 0 Å². The zero-order valence-electron chi connectivity index (χ0n) is 8.45. The van der Waals surface area contributed by atoms with Gasteiger partial charge in [0, 0.05) is 22.8 Å². The number of rotatable bonds is 3. The average Bonchev–Trinajstić information content (AvgIpc) is 2.44. The minimum Gasteiger partial charge on any atom is -0.443 e. The monoisotopic (exact) mass is 329 g/mol. The lowest BCUT2D eigenvalue weighted by Crippen LogP contribution is -2.29. The third-order valence-electron chi connectivity index (χ3n) is 1.56. The van der Waals surface area contributed by atoms with E-state index >= 15 is 0 Å². The molecule has 0 aliphatic rings. The van der Waals surface area contributed by atoms with Crippen molar-refractivity contribution in [2.45, 2.75) is 24.8 Å². The van der Waals surface area contributed by atoms with Crippen LogP contribution in [-0.4, -0.2) is 20.4 Å². The Morgan fingerprint density at radius 3 is 2.50 bits per heavy atom. The highest BCUT2D eigenvalue weighted by Gasteiger charge is 2.23. The van der Waals surface area contributed by atoms with Gasteiger partial charge in [0.2, 0.25) is 0 Å². The van der Waals surface area contributed by atoms with Crippen LogP contribution in [0, 0.1) is 0 Å². The van der Waals surface area contributed by atoms with Crippen molar-refractivity contribution >= 4 is 41.6 Å². The van der Waals surface area contributed by atoms with Gasteiger partial charge in [-0.1, -0.05) is 0 Å². The molecule has 0 radical (unpaired) electrons. The average molecular weight is 331 g/mol. The van der Waals surface area contributed by atoms with E-state index in [1.165, 1.54) is 0 Å². The molecule has 0 saturated carbocycles. The Bertz CT molecular complexity index is 508. The zero-order chi connectivity index (χ0) is 12.5. The molecule has 5 nitrogen and oxygen atoms in total. The standard InChI is InChI=1S/C8H9BrClNO4S/c1-4(2)11-8(12)5-3-6(7(9)15-5)16(10,13)14/h3-4H,1-2H3,(H,11,12). The first kappa shape index (κ1) is 13.5. The van der Waals surface area contributed by atoms with Crippen LogP contribution in [0.5, 0.6) is 0 Å². The summed E-state index contributed by atoms with van der Waals surface area (Å²) in [6.45, 7) is 3.55. The van der Waals surface area contributed by atoms with Gasteiger partial charge in [-0.05, 0) is 29.8 Å². The maximum atomic E-state index is 11.5. The van der Waals surface area contributed by atoms with E-state index in [9.17, 15) is 13.2 Å². The van der Waals surface area contributed by atoms with Gasteiger partial charge in [-0.2, -0.15) is 0 Å². The highest BCUT2D eigenvalue weighted by Crippen LogP contribution is 2.28. The fourth-order valence-corrected chi connectivity index (χ4v) is 3.00. The van der Waals surface area contributed by atoms with Crippen LogP contribution in [0.4, 0.5) is 0 Å². The normalized spacial score (nSPS) is 11.8. The minimum atomic E-state index is -3.92. The summed E-state index contributed by atoms with van der Waals surface area (Å²) >= 11 is 2.88. The van der Waals surface area contributed by atoms with Crippen LogP contribution in [0.15, 0.2) is 20.0 Å². The van der Waals surface area contributed by atoms with Crippen LogP contribution in [-0.2, 0) is 9.05 Å². The highest BCUT2D eigenvalue weighted by atomic mass is 79.9. The van der Waals surface area contributed by atoms with E-state index in [0.717, 1.165) is 6.07 Å². The Morgan fingerprint density at radius 2 is 2.12 bits per heavy atom. The summed E-state index contributed by atoms with van der Waals surface area (Å²) < 4.78 is 27.0. The first-order valence-electron chi connectivity index (χ1n) is 4.26. The van der Waals surface area contributed by atoms with Crippen LogP contribution in [0.2, 0.25) is 0 Å². The van der Waals surface area contributed by atoms with E-state index in [1.54, 1.807) is 13.8 Å². The number of nitrogens with one attached hydrogen (secondary N) is 1. The molecular weight excluding hydrogens is 322 g/mol. The van der Waals surface area contributed by atoms with E-state index in [0.29, 0.717) is 0 Å². The first-order valence-corrected chi connectivity index (χ1v) is 7.37. The number of carbonyl (C=O) groups is 1. The highest BCUT2D eigenvalue weighted by molar-refractivity contribution is 9.10. The predicted molar refractivity (Wildman–Crippen MR) is 62.0 cm³/mol. The lowest BCUT2D eigenvalue weighted by atomic mass is 10.3. The molecule has 0 saturated heterocycles. The van der Waals surface area contributed by atoms with Crippen molar-refractivity contribution in [3.8, 4) is 0 Å². The fraction of sp³-hybridized carbons (Fsp3) is 0.375. The molecule has 1 rings (SSSR count). The van der Waals surface area contributed by atoms with E-state index in [1.807, 2.05) is 0 Å². The van der Waals surface area contributed by atoms with Crippen LogP contribution in [0.3, 0.4) is 0 Å². The number of furan rings is 1. The van der Waals surface area contributed by atoms with Gasteiger partial charge < -0.3 is 9.73 Å². The summed E-state index contributed by atoms with van der Waals surface area (Å²) in [6, 6.07) is 0.997. The van der Waals surface area contributed by atoms with Crippen LogP contribution >= 0.6 is 26.6 Å². The molecule has 1 N–H and O–H groups in total. The Balaban J connectivity index is 3.07. The van der Waals surface area contributed by atoms with Crippen LogP contribution in [0.25, 0.3) is 0 Å². The second-order valence-corrected chi connectivity index (χ2v) is 6.57. The Morgan fingerprint density at radius 1 is 1.56 bits per heavy atom. The van der Waals surface area contributed by atoms with Crippen LogP contribution in [0.1, 0.15) is 24.4 Å². The van der Waals surface area contributed by atoms with Gasteiger partial charge in [0.15, 0.2) is 10.4 Å². The number of hydrogen-bond donors (Lipinski definition) is 1. The van der Waals surface area contributed by atoms with Crippen molar-refractivity contribution in [2.24, 2.45) is 0 Å². The second-order valence-electron chi connectivity index (χ2n) is 3.31. The van der Waals surface area contributed by atoms with Crippen molar-refractivity contribution in [3.63, 3.8) is 0 Å². The van der Waals surface area contributed by atoms with Gasteiger partial charge in [0.1, 0.15) is 4.90 Å². The molecular formula is C8H9BrClNO4S. The van der Waals surface area contributed by atoms with Crippen molar-refractivity contribution < 1.29 is 17.6 Å². The SMILES string of the molecule is CC(C)NC(=O)c1cc(S(=O)(=O)Cl)c(Br)o1. The molecule has 0 aliphatic heterocycles. The van der Waals surface area contributed by atoms with E-state index in [4.69, 9.17) is 15.1 Å². The molecule has 0 fully saturated rings. The topological polar surface area (TPSA) is 76.4 Å². The van der Waals surface area contributed by atoms with E-state index in [2.05, 4.69) is 21.2 Å². The maximum Gasteiger partial charge on any atom is 0.287 e. The van der Waals surface area contributed by atoms with Crippen molar-refractivity contribution in [1.29, 1.82) is 0 Å². The summed E-state index contributed by atoms with van der Waals surface area (Å²) in [5.41, 5.74) is 0. The predicted octanol–water partition coefficient (Wildman–Crippen LogP) is 2.11. The zero-order valence-corrected chi connectivity index (χ0v) is 11.6. The number of hydrogen-bond acceptors (Lipinski definition) is 4. The summed E-state index contributed by atoms with van der Waals surface area (Å²) in [5, 5.41) is 2.56. The smallest absolute Gasteiger partial charge is 0.287 e. The Hall–Kier alpha value is -0.530. The summed E-state index contributed by atoms with van der Waals surface area (Å²) in [7, 11) is 1.22. The molecule has 0 aliphatic carbocycles. The number of halogens is 2. The molecule has 90 valence electrons. The van der Waals surface area contributed by atoms with Gasteiger partial charge in [-0.3, -0.25) is 4.79 Å². The summed E-state index contributed by atoms with van der Waals surface area (Å²) in [4.78, 5) is 11.2. The lowest BCUT2D eigenvalue weighted by molar-refractivity contribution is 0.0914. The van der Waals surface area contributed by atoms with Gasteiger partial charge in [0.05, 0.1) is 0 Å².